The number of hydrogen-bond acceptors (Lipinski definition) is 4. The van der Waals surface area contributed by atoms with Crippen molar-refractivity contribution in [2.75, 3.05) is 26.3 Å². The first kappa shape index (κ1) is 18.4. The molecule has 1 aliphatic heterocycles. The number of benzene rings is 2. The molecule has 0 aromatic heterocycles. The van der Waals surface area contributed by atoms with Crippen LogP contribution in [0.15, 0.2) is 48.5 Å². The standard InChI is InChI=1S/C21H26N2O3/c1-16-6-8-17(9-7-16)19(10-12-24)22-21(25)15-23-11-13-26-20-5-3-2-4-18(20)14-23/h2-9,19,24H,10-15H2,1H3,(H,22,25)/t19-/m1/s1. The molecular formula is C21H26N2O3. The van der Waals surface area contributed by atoms with Gasteiger partial charge in [-0.3, -0.25) is 9.69 Å². The van der Waals surface area contributed by atoms with Gasteiger partial charge in [-0.15, -0.1) is 0 Å². The predicted molar refractivity (Wildman–Crippen MR) is 101 cm³/mol. The van der Waals surface area contributed by atoms with Crippen molar-refractivity contribution in [3.8, 4) is 5.75 Å². The smallest absolute Gasteiger partial charge is 0.234 e. The van der Waals surface area contributed by atoms with Gasteiger partial charge in [0.1, 0.15) is 12.4 Å². The van der Waals surface area contributed by atoms with Crippen molar-refractivity contribution in [3.63, 3.8) is 0 Å². The highest BCUT2D eigenvalue weighted by Gasteiger charge is 2.20. The third-order valence-corrected chi connectivity index (χ3v) is 4.63. The first-order valence-corrected chi connectivity index (χ1v) is 9.05. The van der Waals surface area contributed by atoms with E-state index in [1.807, 2.05) is 55.5 Å². The quantitative estimate of drug-likeness (QED) is 0.836. The van der Waals surface area contributed by atoms with Crippen LogP contribution < -0.4 is 10.1 Å². The van der Waals surface area contributed by atoms with E-state index >= 15 is 0 Å². The van der Waals surface area contributed by atoms with E-state index in [9.17, 15) is 9.90 Å². The molecule has 0 spiro atoms. The van der Waals surface area contributed by atoms with Crippen LogP contribution in [0.5, 0.6) is 5.75 Å². The Morgan fingerprint density at radius 3 is 2.77 bits per heavy atom. The number of nitrogens with zero attached hydrogens (tertiary/aromatic N) is 1. The van der Waals surface area contributed by atoms with Gasteiger partial charge in [-0.2, -0.15) is 0 Å². The summed E-state index contributed by atoms with van der Waals surface area (Å²) in [6.07, 6.45) is 0.501. The Morgan fingerprint density at radius 2 is 2.00 bits per heavy atom. The van der Waals surface area contributed by atoms with E-state index in [1.165, 1.54) is 5.56 Å². The molecule has 0 aliphatic carbocycles. The lowest BCUT2D eigenvalue weighted by atomic mass is 10.0. The van der Waals surface area contributed by atoms with Gasteiger partial charge >= 0.3 is 0 Å². The molecule has 0 bridgehead atoms. The van der Waals surface area contributed by atoms with Crippen LogP contribution >= 0.6 is 0 Å². The van der Waals surface area contributed by atoms with E-state index < -0.39 is 0 Å². The highest BCUT2D eigenvalue weighted by molar-refractivity contribution is 5.78. The molecule has 0 saturated carbocycles. The van der Waals surface area contributed by atoms with Gasteiger partial charge in [0, 0.05) is 25.3 Å². The molecule has 5 nitrogen and oxygen atoms in total. The van der Waals surface area contributed by atoms with Crippen molar-refractivity contribution in [1.29, 1.82) is 0 Å². The maximum absolute atomic E-state index is 12.6. The van der Waals surface area contributed by atoms with Gasteiger partial charge < -0.3 is 15.2 Å². The molecule has 26 heavy (non-hydrogen) atoms. The molecule has 2 aromatic carbocycles. The number of carbonyl (C=O) groups excluding carboxylic acids is 1. The summed E-state index contributed by atoms with van der Waals surface area (Å²) in [5, 5.41) is 12.4. The average molecular weight is 354 g/mol. The molecule has 1 amide bonds. The van der Waals surface area contributed by atoms with Crippen LogP contribution in [0.3, 0.4) is 0 Å². The summed E-state index contributed by atoms with van der Waals surface area (Å²) >= 11 is 0. The Balaban J connectivity index is 1.62. The Kier molecular flexibility index (Phi) is 6.26. The number of nitrogens with one attached hydrogen (secondary N) is 1. The molecule has 1 aliphatic rings. The fourth-order valence-electron chi connectivity index (χ4n) is 3.21. The third-order valence-electron chi connectivity index (χ3n) is 4.63. The summed E-state index contributed by atoms with van der Waals surface area (Å²) < 4.78 is 5.75. The van der Waals surface area contributed by atoms with Crippen LogP contribution in [-0.2, 0) is 11.3 Å². The van der Waals surface area contributed by atoms with Gasteiger partial charge in [0.15, 0.2) is 0 Å². The van der Waals surface area contributed by atoms with Gasteiger partial charge in [-0.25, -0.2) is 0 Å². The zero-order valence-electron chi connectivity index (χ0n) is 15.1. The molecule has 1 heterocycles. The molecule has 5 heteroatoms. The van der Waals surface area contributed by atoms with Gasteiger partial charge in [-0.05, 0) is 25.0 Å². The van der Waals surface area contributed by atoms with E-state index in [-0.39, 0.29) is 18.6 Å². The second-order valence-corrected chi connectivity index (χ2v) is 6.71. The minimum atomic E-state index is -0.177. The largest absolute Gasteiger partial charge is 0.492 e. The molecule has 1 atom stereocenters. The molecule has 0 unspecified atom stereocenters. The molecule has 138 valence electrons. The summed E-state index contributed by atoms with van der Waals surface area (Å²) in [4.78, 5) is 14.7. The number of amides is 1. The summed E-state index contributed by atoms with van der Waals surface area (Å²) in [6, 6.07) is 15.8. The van der Waals surface area contributed by atoms with Gasteiger partial charge in [0.2, 0.25) is 5.91 Å². The fraction of sp³-hybridized carbons (Fsp3) is 0.381. The summed E-state index contributed by atoms with van der Waals surface area (Å²) in [7, 11) is 0. The number of carbonyl (C=O) groups is 1. The molecule has 2 aromatic rings. The minimum absolute atomic E-state index is 0.0315. The maximum Gasteiger partial charge on any atom is 0.234 e. The highest BCUT2D eigenvalue weighted by Crippen LogP contribution is 2.22. The number of hydrogen-bond donors (Lipinski definition) is 2. The van der Waals surface area contributed by atoms with Crippen molar-refractivity contribution < 1.29 is 14.6 Å². The molecule has 3 rings (SSSR count). The number of rotatable bonds is 6. The van der Waals surface area contributed by atoms with E-state index in [0.717, 1.165) is 16.9 Å². The van der Waals surface area contributed by atoms with Crippen LogP contribution in [0, 0.1) is 6.92 Å². The van der Waals surface area contributed by atoms with Crippen molar-refractivity contribution in [3.05, 3.63) is 65.2 Å². The minimum Gasteiger partial charge on any atom is -0.492 e. The Morgan fingerprint density at radius 1 is 1.23 bits per heavy atom. The summed E-state index contributed by atoms with van der Waals surface area (Å²) in [6.45, 7) is 4.34. The first-order chi connectivity index (χ1) is 12.7. The van der Waals surface area contributed by atoms with Crippen LogP contribution in [0.2, 0.25) is 0 Å². The van der Waals surface area contributed by atoms with E-state index in [4.69, 9.17) is 4.74 Å². The Bertz CT molecular complexity index is 730. The van der Waals surface area contributed by atoms with Crippen molar-refractivity contribution in [1.82, 2.24) is 10.2 Å². The van der Waals surface area contributed by atoms with Crippen LogP contribution in [0.4, 0.5) is 0 Å². The SMILES string of the molecule is Cc1ccc([C@@H](CCO)NC(=O)CN2CCOc3ccccc3C2)cc1. The Hall–Kier alpha value is -2.37. The number of aliphatic hydroxyl groups excluding tert-OH is 1. The number of ether oxygens (including phenoxy) is 1. The number of aryl methyl sites for hydroxylation is 1. The van der Waals surface area contributed by atoms with Crippen molar-refractivity contribution >= 4 is 5.91 Å². The first-order valence-electron chi connectivity index (χ1n) is 9.05. The maximum atomic E-state index is 12.6. The Labute approximate surface area is 154 Å². The number of fused-ring (bicyclic) bond motifs is 1. The molecule has 0 fully saturated rings. The number of para-hydroxylation sites is 1. The zero-order valence-corrected chi connectivity index (χ0v) is 15.1. The van der Waals surface area contributed by atoms with Crippen LogP contribution in [-0.4, -0.2) is 42.2 Å². The zero-order chi connectivity index (χ0) is 18.4. The van der Waals surface area contributed by atoms with Gasteiger partial charge in [0.05, 0.1) is 12.6 Å². The summed E-state index contributed by atoms with van der Waals surface area (Å²) in [5.41, 5.74) is 3.29. The highest BCUT2D eigenvalue weighted by atomic mass is 16.5. The van der Waals surface area contributed by atoms with Crippen LogP contribution in [0.1, 0.15) is 29.2 Å². The van der Waals surface area contributed by atoms with Crippen LogP contribution in [0.25, 0.3) is 0 Å². The average Bonchev–Trinajstić information content (AvgIpc) is 2.83. The lowest BCUT2D eigenvalue weighted by Gasteiger charge is -2.22. The third kappa shape index (κ3) is 4.84. The van der Waals surface area contributed by atoms with E-state index in [0.29, 0.717) is 32.7 Å². The molecule has 0 saturated heterocycles. The lowest BCUT2D eigenvalue weighted by Crippen LogP contribution is -2.39. The predicted octanol–water partition coefficient (Wildman–Crippen LogP) is 2.43. The lowest BCUT2D eigenvalue weighted by molar-refractivity contribution is -0.123. The normalized spacial score (nSPS) is 15.5. The molecular weight excluding hydrogens is 328 g/mol. The number of aliphatic hydroxyl groups is 1. The van der Waals surface area contributed by atoms with Gasteiger partial charge in [-0.1, -0.05) is 48.0 Å². The monoisotopic (exact) mass is 354 g/mol. The second-order valence-electron chi connectivity index (χ2n) is 6.71. The topological polar surface area (TPSA) is 61.8 Å². The second kappa shape index (κ2) is 8.83. The van der Waals surface area contributed by atoms with Gasteiger partial charge in [0.25, 0.3) is 0 Å². The van der Waals surface area contributed by atoms with E-state index in [1.54, 1.807) is 0 Å². The molecule has 2 N–H and O–H groups in total. The van der Waals surface area contributed by atoms with Crippen molar-refractivity contribution in [2.24, 2.45) is 0 Å². The summed E-state index contributed by atoms with van der Waals surface area (Å²) in [5.74, 6) is 0.858. The fourth-order valence-corrected chi connectivity index (χ4v) is 3.21. The van der Waals surface area contributed by atoms with E-state index in [2.05, 4.69) is 10.2 Å². The van der Waals surface area contributed by atoms with Crippen molar-refractivity contribution in [2.45, 2.75) is 25.9 Å². The molecule has 0 radical (unpaired) electrons.